The first-order valence-electron chi connectivity index (χ1n) is 5.78. The number of halogens is 1. The van der Waals surface area contributed by atoms with Crippen LogP contribution < -0.4 is 0 Å². The smallest absolute Gasteiger partial charge is 0.0884 e. The van der Waals surface area contributed by atoms with E-state index in [-0.39, 0.29) is 0 Å². The molecule has 0 radical (unpaired) electrons. The molecular formula is C15H15BrOS. The van der Waals surface area contributed by atoms with E-state index in [9.17, 15) is 5.11 Å². The molecule has 18 heavy (non-hydrogen) atoms. The minimum atomic E-state index is -0.418. The SMILES string of the molecule is Cc1cccc(C(O)CSc2ccc(Br)cc2)c1. The zero-order valence-corrected chi connectivity index (χ0v) is 12.5. The molecule has 3 heteroatoms. The number of hydrogen-bond acceptors (Lipinski definition) is 2. The lowest BCUT2D eigenvalue weighted by Gasteiger charge is -2.11. The highest BCUT2D eigenvalue weighted by molar-refractivity contribution is 9.10. The number of thioether (sulfide) groups is 1. The second-order valence-electron chi connectivity index (χ2n) is 4.19. The molecule has 1 N–H and O–H groups in total. The van der Waals surface area contributed by atoms with Gasteiger partial charge in [-0.2, -0.15) is 0 Å². The van der Waals surface area contributed by atoms with Gasteiger partial charge in [0.2, 0.25) is 0 Å². The number of aliphatic hydroxyl groups excluding tert-OH is 1. The summed E-state index contributed by atoms with van der Waals surface area (Å²) in [6.07, 6.45) is -0.418. The van der Waals surface area contributed by atoms with Crippen molar-refractivity contribution in [3.8, 4) is 0 Å². The molecule has 2 rings (SSSR count). The van der Waals surface area contributed by atoms with Crippen molar-refractivity contribution < 1.29 is 5.11 Å². The Kier molecular flexibility index (Phi) is 4.87. The normalized spacial score (nSPS) is 12.4. The molecule has 0 amide bonds. The molecule has 0 saturated carbocycles. The van der Waals surface area contributed by atoms with Gasteiger partial charge >= 0.3 is 0 Å². The van der Waals surface area contributed by atoms with Gasteiger partial charge < -0.3 is 5.11 Å². The molecule has 1 atom stereocenters. The summed E-state index contributed by atoms with van der Waals surface area (Å²) in [6.45, 7) is 2.04. The molecule has 0 bridgehead atoms. The fraction of sp³-hybridized carbons (Fsp3) is 0.200. The highest BCUT2D eigenvalue weighted by atomic mass is 79.9. The van der Waals surface area contributed by atoms with Crippen LogP contribution in [0.5, 0.6) is 0 Å². The third-order valence-electron chi connectivity index (χ3n) is 2.65. The van der Waals surface area contributed by atoms with Gasteiger partial charge in [-0.15, -0.1) is 11.8 Å². The molecule has 2 aromatic carbocycles. The number of rotatable bonds is 4. The van der Waals surface area contributed by atoms with Crippen molar-refractivity contribution in [2.45, 2.75) is 17.9 Å². The third-order valence-corrected chi connectivity index (χ3v) is 4.26. The molecule has 0 aliphatic carbocycles. The molecule has 0 saturated heterocycles. The van der Waals surface area contributed by atoms with Gasteiger partial charge in [0.1, 0.15) is 0 Å². The Morgan fingerprint density at radius 3 is 2.56 bits per heavy atom. The van der Waals surface area contributed by atoms with Crippen molar-refractivity contribution in [2.75, 3.05) is 5.75 Å². The third kappa shape index (κ3) is 3.87. The highest BCUT2D eigenvalue weighted by Crippen LogP contribution is 2.26. The van der Waals surface area contributed by atoms with E-state index < -0.39 is 6.10 Å². The number of hydrogen-bond donors (Lipinski definition) is 1. The second-order valence-corrected chi connectivity index (χ2v) is 6.20. The molecular weight excluding hydrogens is 308 g/mol. The van der Waals surface area contributed by atoms with Crippen LogP contribution in [-0.4, -0.2) is 10.9 Å². The first-order chi connectivity index (χ1) is 8.65. The van der Waals surface area contributed by atoms with Crippen LogP contribution in [0.25, 0.3) is 0 Å². The van der Waals surface area contributed by atoms with E-state index in [0.717, 1.165) is 10.0 Å². The lowest BCUT2D eigenvalue weighted by molar-refractivity contribution is 0.204. The van der Waals surface area contributed by atoms with E-state index in [4.69, 9.17) is 0 Å². The Balaban J connectivity index is 1.96. The fourth-order valence-electron chi connectivity index (χ4n) is 1.68. The minimum Gasteiger partial charge on any atom is -0.388 e. The van der Waals surface area contributed by atoms with Gasteiger partial charge in [0.15, 0.2) is 0 Å². The summed E-state index contributed by atoms with van der Waals surface area (Å²) in [5.41, 5.74) is 2.17. The van der Waals surface area contributed by atoms with E-state index in [1.165, 1.54) is 10.5 Å². The zero-order chi connectivity index (χ0) is 13.0. The van der Waals surface area contributed by atoms with Gasteiger partial charge in [-0.25, -0.2) is 0 Å². The monoisotopic (exact) mass is 322 g/mol. The molecule has 1 nitrogen and oxygen atoms in total. The second kappa shape index (κ2) is 6.41. The maximum Gasteiger partial charge on any atom is 0.0884 e. The van der Waals surface area contributed by atoms with Gasteiger partial charge in [0, 0.05) is 15.1 Å². The average Bonchev–Trinajstić information content (AvgIpc) is 2.38. The van der Waals surface area contributed by atoms with Gasteiger partial charge in [0.05, 0.1) is 6.10 Å². The van der Waals surface area contributed by atoms with E-state index in [0.29, 0.717) is 5.75 Å². The topological polar surface area (TPSA) is 20.2 Å². The predicted octanol–water partition coefficient (Wildman–Crippen LogP) is 4.58. The summed E-state index contributed by atoms with van der Waals surface area (Å²) in [5, 5.41) is 10.1. The molecule has 94 valence electrons. The van der Waals surface area contributed by atoms with Crippen molar-refractivity contribution in [1.29, 1.82) is 0 Å². The van der Waals surface area contributed by atoms with Crippen LogP contribution in [0.3, 0.4) is 0 Å². The summed E-state index contributed by atoms with van der Waals surface area (Å²) < 4.78 is 1.08. The number of aryl methyl sites for hydroxylation is 1. The van der Waals surface area contributed by atoms with Crippen molar-refractivity contribution in [2.24, 2.45) is 0 Å². The molecule has 0 heterocycles. The van der Waals surface area contributed by atoms with Gasteiger partial charge in [-0.3, -0.25) is 0 Å². The van der Waals surface area contributed by atoms with Gasteiger partial charge in [-0.1, -0.05) is 45.8 Å². The number of benzene rings is 2. The van der Waals surface area contributed by atoms with Gasteiger partial charge in [-0.05, 0) is 36.8 Å². The quantitative estimate of drug-likeness (QED) is 0.831. The molecule has 0 aromatic heterocycles. The lowest BCUT2D eigenvalue weighted by Crippen LogP contribution is -2.00. The molecule has 1 unspecified atom stereocenters. The summed E-state index contributed by atoms with van der Waals surface area (Å²) >= 11 is 5.08. The van der Waals surface area contributed by atoms with Crippen LogP contribution in [0.2, 0.25) is 0 Å². The van der Waals surface area contributed by atoms with Crippen molar-refractivity contribution in [3.05, 3.63) is 64.1 Å². The maximum absolute atomic E-state index is 10.1. The summed E-state index contributed by atoms with van der Waals surface area (Å²) in [6, 6.07) is 16.2. The maximum atomic E-state index is 10.1. The Morgan fingerprint density at radius 2 is 1.89 bits per heavy atom. The molecule has 2 aromatic rings. The average molecular weight is 323 g/mol. The van der Waals surface area contributed by atoms with Crippen molar-refractivity contribution in [1.82, 2.24) is 0 Å². The highest BCUT2D eigenvalue weighted by Gasteiger charge is 2.08. The minimum absolute atomic E-state index is 0.418. The Bertz CT molecular complexity index is 510. The van der Waals surface area contributed by atoms with Crippen LogP contribution in [0, 0.1) is 6.92 Å². The predicted molar refractivity (Wildman–Crippen MR) is 81.0 cm³/mol. The summed E-state index contributed by atoms with van der Waals surface area (Å²) in [4.78, 5) is 1.17. The van der Waals surface area contributed by atoms with Crippen LogP contribution in [0.15, 0.2) is 57.9 Å². The lowest BCUT2D eigenvalue weighted by atomic mass is 10.1. The Morgan fingerprint density at radius 1 is 1.17 bits per heavy atom. The van der Waals surface area contributed by atoms with Crippen LogP contribution in [0.1, 0.15) is 17.2 Å². The molecule has 0 aliphatic rings. The first kappa shape index (κ1) is 13.7. The van der Waals surface area contributed by atoms with Gasteiger partial charge in [0.25, 0.3) is 0 Å². The van der Waals surface area contributed by atoms with E-state index in [1.54, 1.807) is 11.8 Å². The molecule has 0 aliphatic heterocycles. The van der Waals surface area contributed by atoms with E-state index in [1.807, 2.05) is 43.3 Å². The van der Waals surface area contributed by atoms with Crippen molar-refractivity contribution in [3.63, 3.8) is 0 Å². The van der Waals surface area contributed by atoms with E-state index >= 15 is 0 Å². The number of aliphatic hydroxyl groups is 1. The van der Waals surface area contributed by atoms with Crippen LogP contribution in [0.4, 0.5) is 0 Å². The summed E-state index contributed by atoms with van der Waals surface area (Å²) in [5.74, 6) is 0.672. The zero-order valence-electron chi connectivity index (χ0n) is 10.1. The fourth-order valence-corrected chi connectivity index (χ4v) is 2.82. The summed E-state index contributed by atoms with van der Waals surface area (Å²) in [7, 11) is 0. The van der Waals surface area contributed by atoms with Crippen LogP contribution >= 0.6 is 27.7 Å². The molecule has 0 fully saturated rings. The Hall–Kier alpha value is -0.770. The largest absolute Gasteiger partial charge is 0.388 e. The standard InChI is InChI=1S/C15H15BrOS/c1-11-3-2-4-12(9-11)15(17)10-18-14-7-5-13(16)6-8-14/h2-9,15,17H,10H2,1H3. The Labute approximate surface area is 120 Å². The molecule has 0 spiro atoms. The van der Waals surface area contributed by atoms with E-state index in [2.05, 4.69) is 28.1 Å². The van der Waals surface area contributed by atoms with Crippen molar-refractivity contribution >= 4 is 27.7 Å². The van der Waals surface area contributed by atoms with Crippen LogP contribution in [-0.2, 0) is 0 Å². The first-order valence-corrected chi connectivity index (χ1v) is 7.56.